The average molecular weight is 222 g/mol. The van der Waals surface area contributed by atoms with Crippen molar-refractivity contribution in [3.63, 3.8) is 0 Å². The van der Waals surface area contributed by atoms with Crippen molar-refractivity contribution in [1.82, 2.24) is 15.3 Å². The molecule has 1 aliphatic rings. The van der Waals surface area contributed by atoms with Gasteiger partial charge in [0.05, 0.1) is 31.4 Å². The molecule has 6 heteroatoms. The first-order valence-electron chi connectivity index (χ1n) is 5.13. The maximum absolute atomic E-state index is 11.7. The van der Waals surface area contributed by atoms with E-state index in [0.717, 1.165) is 5.69 Å². The molecule has 86 valence electrons. The lowest BCUT2D eigenvalue weighted by molar-refractivity contribution is -0.125. The molecule has 1 amide bonds. The Hall–Kier alpha value is -1.53. The lowest BCUT2D eigenvalue weighted by Gasteiger charge is -2.12. The van der Waals surface area contributed by atoms with Crippen LogP contribution in [-0.4, -0.2) is 35.1 Å². The predicted octanol–water partition coefficient (Wildman–Crippen LogP) is -0.933. The summed E-state index contributed by atoms with van der Waals surface area (Å²) in [6, 6.07) is 1.55. The van der Waals surface area contributed by atoms with E-state index in [2.05, 4.69) is 15.3 Å². The maximum atomic E-state index is 11.7. The molecule has 1 aromatic rings. The van der Waals surface area contributed by atoms with Crippen LogP contribution in [0, 0.1) is 5.92 Å². The van der Waals surface area contributed by atoms with Crippen LogP contribution in [0.2, 0.25) is 0 Å². The highest BCUT2D eigenvalue weighted by Crippen LogP contribution is 2.11. The van der Waals surface area contributed by atoms with Crippen LogP contribution in [0.4, 0.5) is 0 Å². The fourth-order valence-corrected chi connectivity index (χ4v) is 1.57. The van der Waals surface area contributed by atoms with Crippen LogP contribution in [-0.2, 0) is 16.1 Å². The van der Waals surface area contributed by atoms with Gasteiger partial charge >= 0.3 is 0 Å². The van der Waals surface area contributed by atoms with Crippen LogP contribution < -0.4 is 11.1 Å². The van der Waals surface area contributed by atoms with E-state index in [1.165, 1.54) is 6.33 Å². The number of amides is 1. The van der Waals surface area contributed by atoms with E-state index >= 15 is 0 Å². The van der Waals surface area contributed by atoms with Gasteiger partial charge in [-0.1, -0.05) is 0 Å². The van der Waals surface area contributed by atoms with Crippen molar-refractivity contribution < 1.29 is 9.53 Å². The van der Waals surface area contributed by atoms with Crippen molar-refractivity contribution >= 4 is 5.91 Å². The Balaban J connectivity index is 1.84. The van der Waals surface area contributed by atoms with Crippen LogP contribution >= 0.6 is 0 Å². The lowest BCUT2D eigenvalue weighted by atomic mass is 10.0. The first kappa shape index (κ1) is 11.0. The first-order chi connectivity index (χ1) is 7.77. The second-order valence-electron chi connectivity index (χ2n) is 3.73. The van der Waals surface area contributed by atoms with Gasteiger partial charge in [-0.15, -0.1) is 0 Å². The molecule has 2 rings (SSSR count). The Morgan fingerprint density at radius 1 is 1.62 bits per heavy atom. The highest BCUT2D eigenvalue weighted by Gasteiger charge is 2.30. The average Bonchev–Trinajstić information content (AvgIpc) is 2.74. The molecule has 2 atom stereocenters. The molecule has 0 aromatic carbocycles. The third kappa shape index (κ3) is 2.53. The highest BCUT2D eigenvalue weighted by atomic mass is 16.5. The number of carbonyl (C=O) groups excluding carboxylic acids is 1. The van der Waals surface area contributed by atoms with Crippen molar-refractivity contribution in [3.8, 4) is 0 Å². The number of nitrogens with zero attached hydrogens (tertiary/aromatic N) is 2. The number of hydrogen-bond donors (Lipinski definition) is 2. The van der Waals surface area contributed by atoms with Crippen molar-refractivity contribution in [2.24, 2.45) is 11.7 Å². The molecule has 2 unspecified atom stereocenters. The Kier molecular flexibility index (Phi) is 3.43. The first-order valence-corrected chi connectivity index (χ1v) is 5.13. The van der Waals surface area contributed by atoms with Gasteiger partial charge in [-0.2, -0.15) is 0 Å². The van der Waals surface area contributed by atoms with Crippen LogP contribution in [0.3, 0.4) is 0 Å². The number of aromatic nitrogens is 2. The molecule has 0 saturated carbocycles. The SMILES string of the molecule is NC1COCC1C(=O)NCc1ccncn1. The van der Waals surface area contributed by atoms with Crippen molar-refractivity contribution in [2.75, 3.05) is 13.2 Å². The minimum Gasteiger partial charge on any atom is -0.379 e. The minimum absolute atomic E-state index is 0.0800. The summed E-state index contributed by atoms with van der Waals surface area (Å²) < 4.78 is 5.13. The van der Waals surface area contributed by atoms with Crippen LogP contribution in [0.5, 0.6) is 0 Å². The Morgan fingerprint density at radius 3 is 3.12 bits per heavy atom. The van der Waals surface area contributed by atoms with Gasteiger partial charge < -0.3 is 15.8 Å². The van der Waals surface area contributed by atoms with E-state index in [9.17, 15) is 4.79 Å². The van der Waals surface area contributed by atoms with E-state index in [1.54, 1.807) is 12.3 Å². The molecular weight excluding hydrogens is 208 g/mol. The van der Waals surface area contributed by atoms with Gasteiger partial charge in [-0.25, -0.2) is 9.97 Å². The number of rotatable bonds is 3. The Labute approximate surface area is 93.2 Å². The van der Waals surface area contributed by atoms with Crippen LogP contribution in [0.15, 0.2) is 18.6 Å². The number of nitrogens with one attached hydrogen (secondary N) is 1. The van der Waals surface area contributed by atoms with Gasteiger partial charge in [-0.3, -0.25) is 4.79 Å². The quantitative estimate of drug-likeness (QED) is 0.689. The smallest absolute Gasteiger partial charge is 0.227 e. The third-order valence-corrected chi connectivity index (χ3v) is 2.55. The molecular formula is C10H14N4O2. The van der Waals surface area contributed by atoms with Crippen molar-refractivity contribution in [3.05, 3.63) is 24.3 Å². The molecule has 0 spiro atoms. The molecule has 1 aromatic heterocycles. The lowest BCUT2D eigenvalue weighted by Crippen LogP contribution is -2.40. The summed E-state index contributed by atoms with van der Waals surface area (Å²) in [5, 5.41) is 2.78. The van der Waals surface area contributed by atoms with E-state index < -0.39 is 0 Å². The zero-order valence-electron chi connectivity index (χ0n) is 8.80. The molecule has 16 heavy (non-hydrogen) atoms. The summed E-state index contributed by atoms with van der Waals surface area (Å²) >= 11 is 0. The van der Waals surface area contributed by atoms with Gasteiger partial charge in [0.15, 0.2) is 0 Å². The Bertz CT molecular complexity index is 357. The number of nitrogens with two attached hydrogens (primary N) is 1. The van der Waals surface area contributed by atoms with Crippen molar-refractivity contribution in [1.29, 1.82) is 0 Å². The van der Waals surface area contributed by atoms with E-state index in [1.807, 2.05) is 0 Å². The molecule has 1 saturated heterocycles. The molecule has 6 nitrogen and oxygen atoms in total. The minimum atomic E-state index is -0.248. The molecule has 3 N–H and O–H groups in total. The maximum Gasteiger partial charge on any atom is 0.227 e. The Morgan fingerprint density at radius 2 is 2.50 bits per heavy atom. The van der Waals surface area contributed by atoms with E-state index in [4.69, 9.17) is 10.5 Å². The van der Waals surface area contributed by atoms with Gasteiger partial charge in [0.2, 0.25) is 5.91 Å². The second kappa shape index (κ2) is 5.00. The number of carbonyl (C=O) groups is 1. The standard InChI is InChI=1S/C10H14N4O2/c11-9-5-16-4-8(9)10(15)13-3-7-1-2-12-6-14-7/h1-2,6,8-9H,3-5,11H2,(H,13,15). The molecule has 0 aliphatic carbocycles. The summed E-state index contributed by atoms with van der Waals surface area (Å²) in [5.74, 6) is -0.328. The van der Waals surface area contributed by atoms with Gasteiger partial charge in [0.25, 0.3) is 0 Å². The zero-order valence-corrected chi connectivity index (χ0v) is 8.80. The topological polar surface area (TPSA) is 90.1 Å². The van der Waals surface area contributed by atoms with Crippen LogP contribution in [0.1, 0.15) is 5.69 Å². The monoisotopic (exact) mass is 222 g/mol. The molecule has 0 bridgehead atoms. The summed E-state index contributed by atoms with van der Waals surface area (Å²) in [6.07, 6.45) is 3.09. The normalized spacial score (nSPS) is 24.3. The number of hydrogen-bond acceptors (Lipinski definition) is 5. The molecule has 0 radical (unpaired) electrons. The fraction of sp³-hybridized carbons (Fsp3) is 0.500. The summed E-state index contributed by atoms with van der Waals surface area (Å²) in [7, 11) is 0. The fourth-order valence-electron chi connectivity index (χ4n) is 1.57. The molecule has 2 heterocycles. The third-order valence-electron chi connectivity index (χ3n) is 2.55. The van der Waals surface area contributed by atoms with Gasteiger partial charge in [0, 0.05) is 12.2 Å². The second-order valence-corrected chi connectivity index (χ2v) is 3.73. The highest BCUT2D eigenvalue weighted by molar-refractivity contribution is 5.79. The van der Waals surface area contributed by atoms with Crippen molar-refractivity contribution in [2.45, 2.75) is 12.6 Å². The molecule has 1 fully saturated rings. The van der Waals surface area contributed by atoms with E-state index in [0.29, 0.717) is 19.8 Å². The zero-order chi connectivity index (χ0) is 11.4. The summed E-state index contributed by atoms with van der Waals surface area (Å²) in [4.78, 5) is 19.5. The molecule has 1 aliphatic heterocycles. The summed E-state index contributed by atoms with van der Waals surface area (Å²) in [5.41, 5.74) is 6.51. The largest absolute Gasteiger partial charge is 0.379 e. The van der Waals surface area contributed by atoms with Gasteiger partial charge in [-0.05, 0) is 6.07 Å². The van der Waals surface area contributed by atoms with E-state index in [-0.39, 0.29) is 17.9 Å². The van der Waals surface area contributed by atoms with Gasteiger partial charge in [0.1, 0.15) is 6.33 Å². The van der Waals surface area contributed by atoms with Crippen LogP contribution in [0.25, 0.3) is 0 Å². The summed E-state index contributed by atoms with van der Waals surface area (Å²) in [6.45, 7) is 1.24. The predicted molar refractivity (Wildman–Crippen MR) is 56.2 cm³/mol. The number of ether oxygens (including phenoxy) is 1.